The van der Waals surface area contributed by atoms with E-state index in [9.17, 15) is 0 Å². The van der Waals surface area contributed by atoms with Crippen molar-refractivity contribution in [3.8, 4) is 11.5 Å². The highest BCUT2D eigenvalue weighted by molar-refractivity contribution is 5.44. The first-order valence-corrected chi connectivity index (χ1v) is 11.6. The fourth-order valence-corrected chi connectivity index (χ4v) is 5.47. The molecule has 1 fully saturated rings. The third-order valence-corrected chi connectivity index (χ3v) is 6.28. The fourth-order valence-electron chi connectivity index (χ4n) is 5.47. The van der Waals surface area contributed by atoms with Gasteiger partial charge in [-0.15, -0.1) is 0 Å². The van der Waals surface area contributed by atoms with Crippen molar-refractivity contribution < 1.29 is 24.4 Å². The summed E-state index contributed by atoms with van der Waals surface area (Å²) in [6, 6.07) is 16.9. The van der Waals surface area contributed by atoms with Crippen LogP contribution in [0.15, 0.2) is 48.5 Å². The maximum Gasteiger partial charge on any atom is 0.119 e. The second kappa shape index (κ2) is 11.2. The van der Waals surface area contributed by atoms with Crippen LogP contribution in [0.4, 0.5) is 0 Å². The van der Waals surface area contributed by atoms with Crippen LogP contribution in [-0.2, 0) is 10.2 Å². The molecule has 1 aliphatic rings. The van der Waals surface area contributed by atoms with E-state index in [0.29, 0.717) is 32.3 Å². The molecule has 0 spiro atoms. The third kappa shape index (κ3) is 6.25. The lowest BCUT2D eigenvalue weighted by molar-refractivity contribution is 0.0705. The van der Waals surface area contributed by atoms with Gasteiger partial charge in [0.05, 0.1) is 26.4 Å². The minimum Gasteiger partial charge on any atom is -0.491 e. The molecule has 176 valence electrons. The molecule has 0 aromatic heterocycles. The maximum absolute atomic E-state index is 9.02. The zero-order valence-electron chi connectivity index (χ0n) is 19.7. The fraction of sp³-hybridized carbons (Fsp3) is 0.556. The standard InChI is InChI=1S/C27H38O5/c1-21-18-26(2,3)20-27(19-21,22-4-8-24(9-5-22)31-15-13-29)23-6-10-25(11-7-23)32-17-16-30-14-12-28/h4-11,21,28-29H,12-20H2,1-3H3. The van der Waals surface area contributed by atoms with Gasteiger partial charge in [0, 0.05) is 5.41 Å². The van der Waals surface area contributed by atoms with Crippen molar-refractivity contribution in [3.05, 3.63) is 59.7 Å². The van der Waals surface area contributed by atoms with Gasteiger partial charge in [0.1, 0.15) is 24.7 Å². The molecule has 5 heteroatoms. The Hall–Kier alpha value is -2.08. The monoisotopic (exact) mass is 442 g/mol. The molecule has 0 amide bonds. The van der Waals surface area contributed by atoms with Gasteiger partial charge in [0.25, 0.3) is 0 Å². The Kier molecular flexibility index (Phi) is 8.57. The minimum absolute atomic E-state index is 0.0133. The van der Waals surface area contributed by atoms with Crippen LogP contribution < -0.4 is 9.47 Å². The van der Waals surface area contributed by atoms with Crippen LogP contribution in [0, 0.1) is 11.3 Å². The van der Waals surface area contributed by atoms with E-state index in [2.05, 4.69) is 45.0 Å². The summed E-state index contributed by atoms with van der Waals surface area (Å²) in [5, 5.41) is 17.8. The Morgan fingerprint density at radius 1 is 0.750 bits per heavy atom. The summed E-state index contributed by atoms with van der Waals surface area (Å²) in [5.74, 6) is 2.23. The Balaban J connectivity index is 1.85. The zero-order valence-corrected chi connectivity index (χ0v) is 19.7. The highest BCUT2D eigenvalue weighted by Crippen LogP contribution is 2.53. The molecule has 1 aliphatic carbocycles. The predicted molar refractivity (Wildman–Crippen MR) is 126 cm³/mol. The molecular weight excluding hydrogens is 404 g/mol. The molecule has 0 bridgehead atoms. The van der Waals surface area contributed by atoms with Crippen LogP contribution in [0.3, 0.4) is 0 Å². The topological polar surface area (TPSA) is 68.2 Å². The van der Waals surface area contributed by atoms with Crippen LogP contribution in [0.5, 0.6) is 11.5 Å². The molecule has 1 saturated carbocycles. The maximum atomic E-state index is 9.02. The normalized spacial score (nSPS) is 22.5. The second-order valence-corrected chi connectivity index (χ2v) is 9.74. The quantitative estimate of drug-likeness (QED) is 0.499. The molecule has 2 aromatic rings. The van der Waals surface area contributed by atoms with Crippen molar-refractivity contribution >= 4 is 0 Å². The van der Waals surface area contributed by atoms with Gasteiger partial charge in [-0.05, 0) is 66.0 Å². The summed E-state index contributed by atoms with van der Waals surface area (Å²) < 4.78 is 16.7. The van der Waals surface area contributed by atoms with Crippen LogP contribution >= 0.6 is 0 Å². The van der Waals surface area contributed by atoms with E-state index in [-0.39, 0.29) is 24.0 Å². The summed E-state index contributed by atoms with van der Waals surface area (Å²) in [4.78, 5) is 0. The highest BCUT2D eigenvalue weighted by Gasteiger charge is 2.45. The summed E-state index contributed by atoms with van der Waals surface area (Å²) >= 11 is 0. The van der Waals surface area contributed by atoms with Crippen molar-refractivity contribution in [3.63, 3.8) is 0 Å². The van der Waals surface area contributed by atoms with Gasteiger partial charge >= 0.3 is 0 Å². The predicted octanol–water partition coefficient (Wildman–Crippen LogP) is 4.58. The highest BCUT2D eigenvalue weighted by atomic mass is 16.5. The number of aliphatic hydroxyl groups is 2. The van der Waals surface area contributed by atoms with Gasteiger partial charge in [-0.1, -0.05) is 45.0 Å². The molecular formula is C27H38O5. The SMILES string of the molecule is CC1CC(C)(C)CC(c2ccc(OCCO)cc2)(c2ccc(OCCOCCO)cc2)C1. The van der Waals surface area contributed by atoms with E-state index >= 15 is 0 Å². The number of aliphatic hydroxyl groups excluding tert-OH is 2. The molecule has 32 heavy (non-hydrogen) atoms. The largest absolute Gasteiger partial charge is 0.491 e. The molecule has 3 rings (SSSR count). The first kappa shape index (κ1) is 24.6. The molecule has 2 unspecified atom stereocenters. The van der Waals surface area contributed by atoms with Crippen molar-refractivity contribution in [1.82, 2.24) is 0 Å². The van der Waals surface area contributed by atoms with Gasteiger partial charge < -0.3 is 24.4 Å². The molecule has 0 aliphatic heterocycles. The van der Waals surface area contributed by atoms with E-state index < -0.39 is 0 Å². The Morgan fingerprint density at radius 2 is 1.28 bits per heavy atom. The summed E-state index contributed by atoms with van der Waals surface area (Å²) in [7, 11) is 0. The lowest BCUT2D eigenvalue weighted by Gasteiger charge is -2.48. The number of benzene rings is 2. The smallest absolute Gasteiger partial charge is 0.119 e. The third-order valence-electron chi connectivity index (χ3n) is 6.28. The van der Waals surface area contributed by atoms with E-state index in [1.54, 1.807) is 0 Å². The first-order chi connectivity index (χ1) is 15.4. The van der Waals surface area contributed by atoms with Gasteiger partial charge in [-0.2, -0.15) is 0 Å². The summed E-state index contributed by atoms with van der Waals surface area (Å²) in [6.45, 7) is 8.72. The van der Waals surface area contributed by atoms with Gasteiger partial charge in [0.2, 0.25) is 0 Å². The Morgan fingerprint density at radius 3 is 1.78 bits per heavy atom. The van der Waals surface area contributed by atoms with Crippen molar-refractivity contribution in [1.29, 1.82) is 0 Å². The van der Waals surface area contributed by atoms with Gasteiger partial charge in [-0.3, -0.25) is 0 Å². The average Bonchev–Trinajstić information content (AvgIpc) is 2.77. The lowest BCUT2D eigenvalue weighted by atomic mass is 9.55. The summed E-state index contributed by atoms with van der Waals surface area (Å²) in [5.41, 5.74) is 2.78. The van der Waals surface area contributed by atoms with Gasteiger partial charge in [-0.25, -0.2) is 0 Å². The van der Waals surface area contributed by atoms with Crippen LogP contribution in [0.25, 0.3) is 0 Å². The number of ether oxygens (including phenoxy) is 3. The second-order valence-electron chi connectivity index (χ2n) is 9.74. The van der Waals surface area contributed by atoms with Crippen molar-refractivity contribution in [2.45, 2.75) is 45.4 Å². The van der Waals surface area contributed by atoms with E-state index in [4.69, 9.17) is 24.4 Å². The van der Waals surface area contributed by atoms with E-state index in [1.807, 2.05) is 24.3 Å². The van der Waals surface area contributed by atoms with Crippen molar-refractivity contribution in [2.24, 2.45) is 11.3 Å². The van der Waals surface area contributed by atoms with E-state index in [0.717, 1.165) is 24.3 Å². The molecule has 5 nitrogen and oxygen atoms in total. The minimum atomic E-state index is -0.0700. The Labute approximate surface area is 192 Å². The van der Waals surface area contributed by atoms with Crippen molar-refractivity contribution in [2.75, 3.05) is 39.6 Å². The Bertz CT molecular complexity index is 815. The molecule has 2 aromatic carbocycles. The molecule has 0 radical (unpaired) electrons. The lowest BCUT2D eigenvalue weighted by Crippen LogP contribution is -2.41. The molecule has 0 heterocycles. The van der Waals surface area contributed by atoms with Crippen LogP contribution in [0.2, 0.25) is 0 Å². The number of hydrogen-bond acceptors (Lipinski definition) is 5. The van der Waals surface area contributed by atoms with E-state index in [1.165, 1.54) is 17.5 Å². The first-order valence-electron chi connectivity index (χ1n) is 11.6. The molecule has 2 atom stereocenters. The van der Waals surface area contributed by atoms with Crippen LogP contribution in [-0.4, -0.2) is 49.9 Å². The molecule has 0 saturated heterocycles. The molecule has 2 N–H and O–H groups in total. The summed E-state index contributed by atoms with van der Waals surface area (Å²) in [6.07, 6.45) is 3.40. The average molecular weight is 443 g/mol. The van der Waals surface area contributed by atoms with Gasteiger partial charge in [0.15, 0.2) is 0 Å². The van der Waals surface area contributed by atoms with Crippen LogP contribution in [0.1, 0.15) is 51.2 Å². The number of hydrogen-bond donors (Lipinski definition) is 2. The number of rotatable bonds is 11. The zero-order chi connectivity index (χ0) is 23.0.